The van der Waals surface area contributed by atoms with Gasteiger partial charge in [-0.25, -0.2) is 4.39 Å². The standard InChI is InChI=1S/C17H12FN3O4/c18-12-3-1-2-10(6-12)8-19-16(22)17-20-15(21-25-17)11-4-5-13-14(7-11)24-9-23-13/h1-7H,8-9H2,(H,19,22). The van der Waals surface area contributed by atoms with Gasteiger partial charge in [-0.15, -0.1) is 0 Å². The molecule has 25 heavy (non-hydrogen) atoms. The molecule has 1 aromatic heterocycles. The molecule has 1 amide bonds. The number of carbonyl (C=O) groups excluding carboxylic acids is 1. The van der Waals surface area contributed by atoms with E-state index in [1.54, 1.807) is 30.3 Å². The van der Waals surface area contributed by atoms with E-state index in [1.165, 1.54) is 12.1 Å². The normalized spacial score (nSPS) is 12.2. The predicted octanol–water partition coefficient (Wildman–Crippen LogP) is 2.53. The molecule has 0 aliphatic carbocycles. The van der Waals surface area contributed by atoms with Gasteiger partial charge in [0.1, 0.15) is 5.82 Å². The van der Waals surface area contributed by atoms with Crippen molar-refractivity contribution in [2.75, 3.05) is 6.79 Å². The molecule has 7 nitrogen and oxygen atoms in total. The summed E-state index contributed by atoms with van der Waals surface area (Å²) in [4.78, 5) is 16.2. The van der Waals surface area contributed by atoms with Crippen LogP contribution in [0.1, 0.15) is 16.2 Å². The van der Waals surface area contributed by atoms with E-state index in [1.807, 2.05) is 0 Å². The van der Waals surface area contributed by atoms with Crippen molar-refractivity contribution >= 4 is 5.91 Å². The second-order valence-electron chi connectivity index (χ2n) is 5.30. The first-order valence-corrected chi connectivity index (χ1v) is 7.45. The van der Waals surface area contributed by atoms with Crippen molar-refractivity contribution in [2.45, 2.75) is 6.54 Å². The van der Waals surface area contributed by atoms with Gasteiger partial charge in [-0.2, -0.15) is 4.98 Å². The zero-order valence-corrected chi connectivity index (χ0v) is 12.9. The Morgan fingerprint density at radius 1 is 1.16 bits per heavy atom. The maximum atomic E-state index is 13.1. The summed E-state index contributed by atoms with van der Waals surface area (Å²) >= 11 is 0. The van der Waals surface area contributed by atoms with Crippen molar-refractivity contribution < 1.29 is 23.2 Å². The molecule has 0 unspecified atom stereocenters. The van der Waals surface area contributed by atoms with E-state index in [4.69, 9.17) is 14.0 Å². The minimum Gasteiger partial charge on any atom is -0.454 e. The Hall–Kier alpha value is -3.42. The Morgan fingerprint density at radius 3 is 2.92 bits per heavy atom. The van der Waals surface area contributed by atoms with Crippen LogP contribution in [-0.4, -0.2) is 22.8 Å². The first-order valence-electron chi connectivity index (χ1n) is 7.45. The second kappa shape index (κ2) is 6.23. The van der Waals surface area contributed by atoms with Gasteiger partial charge in [0, 0.05) is 12.1 Å². The van der Waals surface area contributed by atoms with E-state index in [2.05, 4.69) is 15.5 Å². The molecule has 0 saturated carbocycles. The first-order chi connectivity index (χ1) is 12.2. The number of amides is 1. The monoisotopic (exact) mass is 341 g/mol. The summed E-state index contributed by atoms with van der Waals surface area (Å²) in [7, 11) is 0. The van der Waals surface area contributed by atoms with Crippen molar-refractivity contribution in [1.29, 1.82) is 0 Å². The lowest BCUT2D eigenvalue weighted by Crippen LogP contribution is -2.23. The highest BCUT2D eigenvalue weighted by atomic mass is 19.1. The molecule has 1 aliphatic heterocycles. The van der Waals surface area contributed by atoms with Crippen LogP contribution in [-0.2, 0) is 6.54 Å². The number of hydrogen-bond acceptors (Lipinski definition) is 6. The first kappa shape index (κ1) is 15.1. The molecule has 3 aromatic rings. The van der Waals surface area contributed by atoms with Crippen LogP contribution in [0, 0.1) is 5.82 Å². The summed E-state index contributed by atoms with van der Waals surface area (Å²) in [5, 5.41) is 6.40. The molecule has 0 saturated heterocycles. The highest BCUT2D eigenvalue weighted by molar-refractivity contribution is 5.89. The van der Waals surface area contributed by atoms with E-state index in [0.29, 0.717) is 22.6 Å². The fourth-order valence-electron chi connectivity index (χ4n) is 2.37. The Bertz CT molecular complexity index is 941. The summed E-state index contributed by atoms with van der Waals surface area (Å²) in [5.74, 6) is 0.399. The maximum Gasteiger partial charge on any atom is 0.316 e. The summed E-state index contributed by atoms with van der Waals surface area (Å²) in [5.41, 5.74) is 1.26. The quantitative estimate of drug-likeness (QED) is 0.785. The van der Waals surface area contributed by atoms with Gasteiger partial charge in [0.05, 0.1) is 0 Å². The lowest BCUT2D eigenvalue weighted by atomic mass is 10.2. The molecule has 0 bridgehead atoms. The van der Waals surface area contributed by atoms with Crippen LogP contribution in [0.2, 0.25) is 0 Å². The van der Waals surface area contributed by atoms with E-state index < -0.39 is 5.91 Å². The molecule has 8 heteroatoms. The number of aromatic nitrogens is 2. The van der Waals surface area contributed by atoms with E-state index in [-0.39, 0.29) is 30.9 Å². The van der Waals surface area contributed by atoms with Gasteiger partial charge < -0.3 is 19.3 Å². The number of hydrogen-bond donors (Lipinski definition) is 1. The number of halogens is 1. The summed E-state index contributed by atoms with van der Waals surface area (Å²) in [6.07, 6.45) is 0. The lowest BCUT2D eigenvalue weighted by molar-refractivity contribution is 0.0907. The summed E-state index contributed by atoms with van der Waals surface area (Å²) in [6.45, 7) is 0.317. The van der Waals surface area contributed by atoms with Crippen molar-refractivity contribution in [3.63, 3.8) is 0 Å². The maximum absolute atomic E-state index is 13.1. The Morgan fingerprint density at radius 2 is 2.04 bits per heavy atom. The predicted molar refractivity (Wildman–Crippen MR) is 83.4 cm³/mol. The molecular formula is C17H12FN3O4. The van der Waals surface area contributed by atoms with Crippen molar-refractivity contribution in [1.82, 2.24) is 15.5 Å². The van der Waals surface area contributed by atoms with E-state index in [9.17, 15) is 9.18 Å². The number of nitrogens with one attached hydrogen (secondary N) is 1. The molecule has 0 radical (unpaired) electrons. The number of benzene rings is 2. The Kier molecular flexibility index (Phi) is 3.77. The van der Waals surface area contributed by atoms with Crippen molar-refractivity contribution in [3.05, 3.63) is 59.7 Å². The van der Waals surface area contributed by atoms with E-state index >= 15 is 0 Å². The largest absolute Gasteiger partial charge is 0.454 e. The molecule has 1 N–H and O–H groups in total. The van der Waals surface area contributed by atoms with Gasteiger partial charge >= 0.3 is 11.8 Å². The van der Waals surface area contributed by atoms with Gasteiger partial charge in [0.2, 0.25) is 12.6 Å². The van der Waals surface area contributed by atoms with Gasteiger partial charge in [0.15, 0.2) is 11.5 Å². The van der Waals surface area contributed by atoms with Crippen molar-refractivity contribution in [3.8, 4) is 22.9 Å². The lowest BCUT2D eigenvalue weighted by Gasteiger charge is -2.02. The molecule has 0 spiro atoms. The zero-order valence-electron chi connectivity index (χ0n) is 12.9. The number of nitrogens with zero attached hydrogens (tertiary/aromatic N) is 2. The molecule has 1 aliphatic rings. The summed E-state index contributed by atoms with van der Waals surface area (Å²) < 4.78 is 28.7. The highest BCUT2D eigenvalue weighted by Crippen LogP contribution is 2.35. The third-order valence-corrected chi connectivity index (χ3v) is 3.59. The molecule has 126 valence electrons. The van der Waals surface area contributed by atoms with Crippen LogP contribution >= 0.6 is 0 Å². The third-order valence-electron chi connectivity index (χ3n) is 3.59. The van der Waals surface area contributed by atoms with Crippen LogP contribution in [0.3, 0.4) is 0 Å². The van der Waals surface area contributed by atoms with Crippen LogP contribution in [0.15, 0.2) is 47.0 Å². The molecule has 0 fully saturated rings. The third kappa shape index (κ3) is 3.14. The van der Waals surface area contributed by atoms with Crippen LogP contribution in [0.5, 0.6) is 11.5 Å². The molecule has 2 aromatic carbocycles. The molecule has 2 heterocycles. The van der Waals surface area contributed by atoms with E-state index in [0.717, 1.165) is 0 Å². The smallest absolute Gasteiger partial charge is 0.316 e. The fraction of sp³-hybridized carbons (Fsp3) is 0.118. The topological polar surface area (TPSA) is 86.5 Å². The molecule has 0 atom stereocenters. The highest BCUT2D eigenvalue weighted by Gasteiger charge is 2.19. The second-order valence-corrected chi connectivity index (χ2v) is 5.30. The fourth-order valence-corrected chi connectivity index (χ4v) is 2.37. The average Bonchev–Trinajstić information content (AvgIpc) is 3.28. The van der Waals surface area contributed by atoms with Gasteiger partial charge in [0.25, 0.3) is 0 Å². The molecule has 4 rings (SSSR count). The zero-order chi connectivity index (χ0) is 17.2. The van der Waals surface area contributed by atoms with Crippen LogP contribution < -0.4 is 14.8 Å². The Balaban J connectivity index is 1.46. The van der Waals surface area contributed by atoms with Crippen LogP contribution in [0.4, 0.5) is 4.39 Å². The molecular weight excluding hydrogens is 329 g/mol. The number of carbonyl (C=O) groups is 1. The van der Waals surface area contributed by atoms with Gasteiger partial charge in [-0.1, -0.05) is 17.3 Å². The average molecular weight is 341 g/mol. The van der Waals surface area contributed by atoms with Crippen molar-refractivity contribution in [2.24, 2.45) is 0 Å². The summed E-state index contributed by atoms with van der Waals surface area (Å²) in [6, 6.07) is 11.1. The number of fused-ring (bicyclic) bond motifs is 1. The number of ether oxygens (including phenoxy) is 2. The Labute approximate surface area is 141 Å². The minimum atomic E-state index is -0.538. The number of rotatable bonds is 4. The minimum absolute atomic E-state index is 0.151. The SMILES string of the molecule is O=C(NCc1cccc(F)c1)c1nc(-c2ccc3c(c2)OCO3)no1. The van der Waals surface area contributed by atoms with Gasteiger partial charge in [-0.3, -0.25) is 4.79 Å². The van der Waals surface area contributed by atoms with Crippen LogP contribution in [0.25, 0.3) is 11.4 Å². The van der Waals surface area contributed by atoms with Gasteiger partial charge in [-0.05, 0) is 35.9 Å².